The zero-order valence-corrected chi connectivity index (χ0v) is 11.7. The summed E-state index contributed by atoms with van der Waals surface area (Å²) in [6.07, 6.45) is 10.3. The number of hydrogen-bond acceptors (Lipinski definition) is 2. The number of rotatable bonds is 7. The Kier molecular flexibility index (Phi) is 4.55. The van der Waals surface area contributed by atoms with E-state index < -0.39 is 0 Å². The van der Waals surface area contributed by atoms with Crippen LogP contribution in [0.15, 0.2) is 31.0 Å². The molecule has 4 nitrogen and oxygen atoms in total. The molecule has 0 aromatic carbocycles. The average Bonchev–Trinajstić information content (AvgIpc) is 3.01. The van der Waals surface area contributed by atoms with Gasteiger partial charge in [0.2, 0.25) is 0 Å². The van der Waals surface area contributed by atoms with Crippen LogP contribution in [-0.2, 0) is 13.1 Å². The average molecular weight is 259 g/mol. The fourth-order valence-electron chi connectivity index (χ4n) is 2.18. The lowest BCUT2D eigenvalue weighted by Crippen LogP contribution is -2.05. The van der Waals surface area contributed by atoms with Gasteiger partial charge in [-0.1, -0.05) is 13.8 Å². The Balaban J connectivity index is 2.07. The van der Waals surface area contributed by atoms with Crippen molar-refractivity contribution in [2.75, 3.05) is 0 Å². The molecule has 0 aliphatic heterocycles. The van der Waals surface area contributed by atoms with Crippen LogP contribution < -0.4 is 0 Å². The second kappa shape index (κ2) is 6.36. The van der Waals surface area contributed by atoms with Crippen molar-refractivity contribution in [3.05, 3.63) is 42.2 Å². The summed E-state index contributed by atoms with van der Waals surface area (Å²) in [6, 6.07) is 1.90. The number of nitrogens with zero attached hydrogens (tertiary/aromatic N) is 3. The summed E-state index contributed by atoms with van der Waals surface area (Å²) in [5.41, 5.74) is 1.98. The maximum Gasteiger partial charge on any atom is 0.164 e. The van der Waals surface area contributed by atoms with Crippen molar-refractivity contribution in [1.29, 1.82) is 0 Å². The molecule has 2 aromatic heterocycles. The third-order valence-electron chi connectivity index (χ3n) is 3.16. The highest BCUT2D eigenvalue weighted by Gasteiger charge is 2.08. The van der Waals surface area contributed by atoms with Gasteiger partial charge in [-0.2, -0.15) is 0 Å². The maximum absolute atomic E-state index is 11.8. The summed E-state index contributed by atoms with van der Waals surface area (Å²) in [7, 11) is 0. The fourth-order valence-corrected chi connectivity index (χ4v) is 2.18. The molecule has 2 aromatic rings. The van der Waals surface area contributed by atoms with Gasteiger partial charge in [0, 0.05) is 37.1 Å². The van der Waals surface area contributed by atoms with Crippen molar-refractivity contribution in [1.82, 2.24) is 14.1 Å². The predicted octanol–water partition coefficient (Wildman–Crippen LogP) is 3.13. The van der Waals surface area contributed by atoms with Crippen molar-refractivity contribution in [3.8, 4) is 0 Å². The number of aromatic nitrogens is 3. The largest absolute Gasteiger partial charge is 0.348 e. The van der Waals surface area contributed by atoms with E-state index in [4.69, 9.17) is 0 Å². The van der Waals surface area contributed by atoms with Gasteiger partial charge >= 0.3 is 0 Å². The quantitative estimate of drug-likeness (QED) is 0.717. The molecule has 0 unspecified atom stereocenters. The van der Waals surface area contributed by atoms with E-state index in [-0.39, 0.29) is 5.78 Å². The molecular weight excluding hydrogens is 238 g/mol. The van der Waals surface area contributed by atoms with Crippen LogP contribution in [0.2, 0.25) is 0 Å². The van der Waals surface area contributed by atoms with Crippen molar-refractivity contribution >= 4 is 5.78 Å². The third-order valence-corrected chi connectivity index (χ3v) is 3.16. The number of aryl methyl sites for hydroxylation is 1. The number of imidazole rings is 1. The number of Topliss-reactive ketones (excluding diaryl/α,β-unsaturated/α-hetero) is 1. The molecule has 0 aliphatic carbocycles. The topological polar surface area (TPSA) is 39.8 Å². The number of carbonyl (C=O) groups is 1. The van der Waals surface area contributed by atoms with Crippen LogP contribution in [0.25, 0.3) is 0 Å². The van der Waals surface area contributed by atoms with Crippen LogP contribution in [-0.4, -0.2) is 19.9 Å². The lowest BCUT2D eigenvalue weighted by Gasteiger charge is -2.07. The van der Waals surface area contributed by atoms with Crippen molar-refractivity contribution in [2.45, 2.75) is 46.2 Å². The standard InChI is InChI=1S/C15H21N3O/c1-3-5-15(19)13-6-8-17(10-13)11-14-9-16-12-18(14)7-4-2/h6,8-10,12H,3-5,7,11H2,1-2H3. The highest BCUT2D eigenvalue weighted by molar-refractivity contribution is 5.95. The van der Waals surface area contributed by atoms with E-state index in [9.17, 15) is 4.79 Å². The molecule has 0 amide bonds. The van der Waals surface area contributed by atoms with E-state index in [1.807, 2.05) is 42.5 Å². The zero-order chi connectivity index (χ0) is 13.7. The normalized spacial score (nSPS) is 10.8. The van der Waals surface area contributed by atoms with Crippen molar-refractivity contribution in [2.24, 2.45) is 0 Å². The molecule has 0 saturated heterocycles. The molecular formula is C15H21N3O. The van der Waals surface area contributed by atoms with E-state index >= 15 is 0 Å². The molecule has 102 valence electrons. The number of carbonyl (C=O) groups excluding carboxylic acids is 1. The lowest BCUT2D eigenvalue weighted by molar-refractivity contribution is 0.0981. The van der Waals surface area contributed by atoms with E-state index in [0.717, 1.165) is 31.5 Å². The van der Waals surface area contributed by atoms with E-state index in [1.54, 1.807) is 0 Å². The first-order valence-corrected chi connectivity index (χ1v) is 6.92. The van der Waals surface area contributed by atoms with Gasteiger partial charge in [-0.05, 0) is 18.9 Å². The molecule has 2 heterocycles. The van der Waals surface area contributed by atoms with Gasteiger partial charge in [0.1, 0.15) is 0 Å². The van der Waals surface area contributed by atoms with Crippen LogP contribution in [0.4, 0.5) is 0 Å². The molecule has 2 rings (SSSR count). The van der Waals surface area contributed by atoms with Gasteiger partial charge < -0.3 is 9.13 Å². The van der Waals surface area contributed by atoms with Gasteiger partial charge in [0.05, 0.1) is 18.6 Å². The minimum atomic E-state index is 0.225. The summed E-state index contributed by atoms with van der Waals surface area (Å²) >= 11 is 0. The Bertz CT molecular complexity index is 539. The van der Waals surface area contributed by atoms with Gasteiger partial charge in [-0.25, -0.2) is 4.98 Å². The summed E-state index contributed by atoms with van der Waals surface area (Å²) in [5.74, 6) is 0.225. The first kappa shape index (κ1) is 13.6. The van der Waals surface area contributed by atoms with Gasteiger partial charge in [-0.3, -0.25) is 4.79 Å². The summed E-state index contributed by atoms with van der Waals surface area (Å²) < 4.78 is 4.21. The van der Waals surface area contributed by atoms with Crippen LogP contribution in [0.1, 0.15) is 49.2 Å². The summed E-state index contributed by atoms with van der Waals surface area (Å²) in [6.45, 7) is 5.93. The summed E-state index contributed by atoms with van der Waals surface area (Å²) in [5, 5.41) is 0. The van der Waals surface area contributed by atoms with Gasteiger partial charge in [-0.15, -0.1) is 0 Å². The predicted molar refractivity (Wildman–Crippen MR) is 75.3 cm³/mol. The second-order valence-electron chi connectivity index (χ2n) is 4.82. The molecule has 0 bridgehead atoms. The molecule has 0 fully saturated rings. The minimum Gasteiger partial charge on any atom is -0.348 e. The lowest BCUT2D eigenvalue weighted by atomic mass is 10.1. The minimum absolute atomic E-state index is 0.225. The smallest absolute Gasteiger partial charge is 0.164 e. The zero-order valence-electron chi connectivity index (χ0n) is 11.7. The SMILES string of the molecule is CCCC(=O)c1ccn(Cc2cncn2CCC)c1. The molecule has 0 spiro atoms. The highest BCUT2D eigenvalue weighted by Crippen LogP contribution is 2.09. The number of ketones is 1. The summed E-state index contributed by atoms with van der Waals surface area (Å²) in [4.78, 5) is 16.0. The monoisotopic (exact) mass is 259 g/mol. The molecule has 0 N–H and O–H groups in total. The third kappa shape index (κ3) is 3.34. The van der Waals surface area contributed by atoms with E-state index in [2.05, 4.69) is 16.5 Å². The Morgan fingerprint density at radius 1 is 1.32 bits per heavy atom. The molecule has 4 heteroatoms. The fraction of sp³-hybridized carbons (Fsp3) is 0.467. The highest BCUT2D eigenvalue weighted by atomic mass is 16.1. The Morgan fingerprint density at radius 2 is 2.16 bits per heavy atom. The van der Waals surface area contributed by atoms with Crippen LogP contribution in [0.5, 0.6) is 0 Å². The van der Waals surface area contributed by atoms with Crippen LogP contribution in [0.3, 0.4) is 0 Å². The van der Waals surface area contributed by atoms with Crippen molar-refractivity contribution in [3.63, 3.8) is 0 Å². The van der Waals surface area contributed by atoms with Gasteiger partial charge in [0.25, 0.3) is 0 Å². The molecule has 0 aliphatic rings. The molecule has 0 radical (unpaired) electrons. The molecule has 19 heavy (non-hydrogen) atoms. The van der Waals surface area contributed by atoms with E-state index in [1.165, 1.54) is 5.69 Å². The molecule has 0 atom stereocenters. The first-order chi connectivity index (χ1) is 9.24. The van der Waals surface area contributed by atoms with E-state index in [0.29, 0.717) is 6.42 Å². The number of hydrogen-bond donors (Lipinski definition) is 0. The van der Waals surface area contributed by atoms with Crippen LogP contribution in [0, 0.1) is 0 Å². The second-order valence-corrected chi connectivity index (χ2v) is 4.82. The van der Waals surface area contributed by atoms with Crippen molar-refractivity contribution < 1.29 is 4.79 Å². The first-order valence-electron chi connectivity index (χ1n) is 6.92. The Labute approximate surface area is 114 Å². The van der Waals surface area contributed by atoms with Crippen LogP contribution >= 0.6 is 0 Å². The Hall–Kier alpha value is -1.84. The molecule has 0 saturated carbocycles. The Morgan fingerprint density at radius 3 is 2.89 bits per heavy atom. The maximum atomic E-state index is 11.8. The van der Waals surface area contributed by atoms with Gasteiger partial charge in [0.15, 0.2) is 5.78 Å².